The SMILES string of the molecule is Cc1cc(Cn2c(C(C)Cl)nc3c(C#N)cccc32)no1. The average Bonchev–Trinajstić information content (AvgIpc) is 3.03. The minimum Gasteiger partial charge on any atom is -0.361 e. The number of halogens is 1. The molecule has 0 saturated heterocycles. The quantitative estimate of drug-likeness (QED) is 0.694. The van der Waals surface area contributed by atoms with Crippen molar-refractivity contribution in [3.05, 3.63) is 47.1 Å². The lowest BCUT2D eigenvalue weighted by atomic mass is 10.2. The molecule has 5 nitrogen and oxygen atoms in total. The van der Waals surface area contributed by atoms with Gasteiger partial charge in [-0.3, -0.25) is 0 Å². The summed E-state index contributed by atoms with van der Waals surface area (Å²) in [4.78, 5) is 4.54. The van der Waals surface area contributed by atoms with Crippen LogP contribution in [-0.2, 0) is 6.54 Å². The van der Waals surface area contributed by atoms with E-state index in [-0.39, 0.29) is 5.38 Å². The monoisotopic (exact) mass is 300 g/mol. The normalized spacial score (nSPS) is 12.5. The Balaban J connectivity index is 2.19. The number of hydrogen-bond donors (Lipinski definition) is 0. The van der Waals surface area contributed by atoms with Crippen LogP contribution < -0.4 is 0 Å². The average molecular weight is 301 g/mol. The highest BCUT2D eigenvalue weighted by Crippen LogP contribution is 2.27. The van der Waals surface area contributed by atoms with Crippen LogP contribution in [0, 0.1) is 18.3 Å². The predicted octanol–water partition coefficient (Wildman–Crippen LogP) is 3.55. The molecule has 0 amide bonds. The zero-order chi connectivity index (χ0) is 15.0. The van der Waals surface area contributed by atoms with Gasteiger partial charge in [-0.2, -0.15) is 5.26 Å². The molecular formula is C15H13ClN4O. The van der Waals surface area contributed by atoms with Crippen molar-refractivity contribution in [1.82, 2.24) is 14.7 Å². The summed E-state index contributed by atoms with van der Waals surface area (Å²) in [6.07, 6.45) is 0. The van der Waals surface area contributed by atoms with Gasteiger partial charge in [0.2, 0.25) is 0 Å². The van der Waals surface area contributed by atoms with Crippen molar-refractivity contribution in [1.29, 1.82) is 5.26 Å². The van der Waals surface area contributed by atoms with Crippen LogP contribution >= 0.6 is 11.6 Å². The number of nitrogens with zero attached hydrogens (tertiary/aromatic N) is 4. The van der Waals surface area contributed by atoms with Crippen LogP contribution in [0.3, 0.4) is 0 Å². The van der Waals surface area contributed by atoms with Crippen LogP contribution in [0.25, 0.3) is 11.0 Å². The molecule has 6 heteroatoms. The van der Waals surface area contributed by atoms with Crippen LogP contribution in [0.5, 0.6) is 0 Å². The molecule has 1 unspecified atom stereocenters. The lowest BCUT2D eigenvalue weighted by molar-refractivity contribution is 0.389. The highest BCUT2D eigenvalue weighted by Gasteiger charge is 2.18. The Bertz CT molecular complexity index is 841. The largest absolute Gasteiger partial charge is 0.361 e. The third kappa shape index (κ3) is 2.39. The number of benzene rings is 1. The van der Waals surface area contributed by atoms with Gasteiger partial charge in [-0.1, -0.05) is 11.2 Å². The van der Waals surface area contributed by atoms with Crippen molar-refractivity contribution in [2.75, 3.05) is 0 Å². The number of para-hydroxylation sites is 1. The number of imidazole rings is 1. The lowest BCUT2D eigenvalue weighted by Crippen LogP contribution is -2.06. The van der Waals surface area contributed by atoms with Gasteiger partial charge in [0.25, 0.3) is 0 Å². The van der Waals surface area contributed by atoms with Gasteiger partial charge in [0, 0.05) is 6.07 Å². The Morgan fingerprint density at radius 1 is 1.48 bits per heavy atom. The second kappa shape index (κ2) is 5.23. The van der Waals surface area contributed by atoms with Gasteiger partial charge in [0.05, 0.1) is 23.0 Å². The molecule has 0 aliphatic rings. The van der Waals surface area contributed by atoms with Gasteiger partial charge in [0.15, 0.2) is 0 Å². The molecule has 1 aromatic carbocycles. The number of hydrogen-bond acceptors (Lipinski definition) is 4. The van der Waals surface area contributed by atoms with Crippen LogP contribution in [0.15, 0.2) is 28.8 Å². The Labute approximate surface area is 126 Å². The molecule has 0 radical (unpaired) electrons. The summed E-state index contributed by atoms with van der Waals surface area (Å²) in [5, 5.41) is 12.9. The summed E-state index contributed by atoms with van der Waals surface area (Å²) in [6, 6.07) is 9.57. The summed E-state index contributed by atoms with van der Waals surface area (Å²) >= 11 is 6.24. The summed E-state index contributed by atoms with van der Waals surface area (Å²) < 4.78 is 7.08. The first-order chi connectivity index (χ1) is 10.1. The third-order valence-corrected chi connectivity index (χ3v) is 3.48. The molecule has 0 N–H and O–H groups in total. The van der Waals surface area contributed by atoms with Crippen LogP contribution in [0.2, 0.25) is 0 Å². The van der Waals surface area contributed by atoms with Crippen molar-refractivity contribution in [3.8, 4) is 6.07 Å². The minimum atomic E-state index is -0.267. The minimum absolute atomic E-state index is 0.267. The molecule has 0 aliphatic carbocycles. The number of nitriles is 1. The molecule has 0 aliphatic heterocycles. The van der Waals surface area contributed by atoms with E-state index in [1.54, 1.807) is 6.07 Å². The maximum atomic E-state index is 9.21. The first-order valence-corrected chi connectivity index (χ1v) is 6.99. The molecule has 106 valence electrons. The molecule has 0 bridgehead atoms. The molecule has 1 atom stereocenters. The fourth-order valence-electron chi connectivity index (χ4n) is 2.38. The summed E-state index contributed by atoms with van der Waals surface area (Å²) in [6.45, 7) is 4.22. The molecule has 0 fully saturated rings. The number of fused-ring (bicyclic) bond motifs is 1. The van der Waals surface area contributed by atoms with Gasteiger partial charge in [0.1, 0.15) is 28.9 Å². The van der Waals surface area contributed by atoms with Gasteiger partial charge >= 0.3 is 0 Å². The Hall–Kier alpha value is -2.32. The highest BCUT2D eigenvalue weighted by atomic mass is 35.5. The Kier molecular flexibility index (Phi) is 3.40. The fraction of sp³-hybridized carbons (Fsp3) is 0.267. The topological polar surface area (TPSA) is 67.6 Å². The van der Waals surface area contributed by atoms with E-state index < -0.39 is 0 Å². The van der Waals surface area contributed by atoms with E-state index in [1.807, 2.05) is 36.6 Å². The van der Waals surface area contributed by atoms with Gasteiger partial charge in [-0.15, -0.1) is 11.6 Å². The van der Waals surface area contributed by atoms with E-state index in [9.17, 15) is 5.26 Å². The molecule has 0 saturated carbocycles. The predicted molar refractivity (Wildman–Crippen MR) is 79.1 cm³/mol. The molecule has 2 aromatic heterocycles. The standard InChI is InChI=1S/C15H13ClN4O/c1-9-6-12(19-21-9)8-20-13-5-3-4-11(7-17)14(13)18-15(20)10(2)16/h3-6,10H,8H2,1-2H3. The molecule has 21 heavy (non-hydrogen) atoms. The zero-order valence-corrected chi connectivity index (χ0v) is 12.4. The summed E-state index contributed by atoms with van der Waals surface area (Å²) in [7, 11) is 0. The van der Waals surface area contributed by atoms with Crippen LogP contribution in [0.4, 0.5) is 0 Å². The van der Waals surface area contributed by atoms with Gasteiger partial charge < -0.3 is 9.09 Å². The van der Waals surface area contributed by atoms with E-state index >= 15 is 0 Å². The maximum Gasteiger partial charge on any atom is 0.133 e. The van der Waals surface area contributed by atoms with E-state index in [2.05, 4.69) is 16.2 Å². The zero-order valence-electron chi connectivity index (χ0n) is 11.7. The van der Waals surface area contributed by atoms with E-state index in [4.69, 9.17) is 16.1 Å². The number of aromatic nitrogens is 3. The van der Waals surface area contributed by atoms with Crippen LogP contribution in [-0.4, -0.2) is 14.7 Å². The van der Waals surface area contributed by atoms with E-state index in [1.165, 1.54) is 0 Å². The molecule has 3 rings (SSSR count). The summed E-state index contributed by atoms with van der Waals surface area (Å²) in [5.74, 6) is 1.47. The first kappa shape index (κ1) is 13.7. The molecule has 2 heterocycles. The third-order valence-electron chi connectivity index (χ3n) is 3.28. The Morgan fingerprint density at radius 3 is 2.90 bits per heavy atom. The first-order valence-electron chi connectivity index (χ1n) is 6.55. The van der Waals surface area contributed by atoms with Crippen molar-refractivity contribution < 1.29 is 4.52 Å². The maximum absolute atomic E-state index is 9.21. The van der Waals surface area contributed by atoms with Gasteiger partial charge in [-0.05, 0) is 26.0 Å². The molecular weight excluding hydrogens is 288 g/mol. The van der Waals surface area contributed by atoms with Crippen LogP contribution in [0.1, 0.15) is 35.1 Å². The highest BCUT2D eigenvalue weighted by molar-refractivity contribution is 6.20. The number of aryl methyl sites for hydroxylation is 1. The second-order valence-electron chi connectivity index (χ2n) is 4.89. The number of rotatable bonds is 3. The lowest BCUT2D eigenvalue weighted by Gasteiger charge is -2.08. The van der Waals surface area contributed by atoms with Crippen molar-refractivity contribution in [2.45, 2.75) is 25.8 Å². The smallest absolute Gasteiger partial charge is 0.133 e. The second-order valence-corrected chi connectivity index (χ2v) is 5.54. The summed E-state index contributed by atoms with van der Waals surface area (Å²) in [5.41, 5.74) is 2.88. The Morgan fingerprint density at radius 2 is 2.29 bits per heavy atom. The van der Waals surface area contributed by atoms with Crippen molar-refractivity contribution in [2.24, 2.45) is 0 Å². The van der Waals surface area contributed by atoms with E-state index in [0.717, 1.165) is 22.8 Å². The molecule has 0 spiro atoms. The van der Waals surface area contributed by atoms with E-state index in [0.29, 0.717) is 17.6 Å². The van der Waals surface area contributed by atoms with Gasteiger partial charge in [-0.25, -0.2) is 4.98 Å². The van der Waals surface area contributed by atoms with Crippen molar-refractivity contribution >= 4 is 22.6 Å². The fourth-order valence-corrected chi connectivity index (χ4v) is 2.55. The molecule has 3 aromatic rings. The van der Waals surface area contributed by atoms with Crippen molar-refractivity contribution in [3.63, 3.8) is 0 Å². The number of alkyl halides is 1.